The third-order valence-electron chi connectivity index (χ3n) is 9.74. The van der Waals surface area contributed by atoms with E-state index in [2.05, 4.69) is 11.5 Å². The summed E-state index contributed by atoms with van der Waals surface area (Å²) in [4.78, 5) is 29.0. The van der Waals surface area contributed by atoms with Crippen molar-refractivity contribution in [1.82, 2.24) is 4.90 Å². The second-order valence-electron chi connectivity index (χ2n) is 12.4. The fraction of sp³-hybridized carbons (Fsp3) is 0.852. The van der Waals surface area contributed by atoms with Gasteiger partial charge in [-0.2, -0.15) is 0 Å². The predicted octanol–water partition coefficient (Wildman–Crippen LogP) is 1.64. The molecule has 0 aromatic rings. The molecule has 4 fully saturated rings. The summed E-state index contributed by atoms with van der Waals surface area (Å²) in [5.74, 6) is -1.69. The van der Waals surface area contributed by atoms with Crippen molar-refractivity contribution >= 4 is 24.2 Å². The van der Waals surface area contributed by atoms with Gasteiger partial charge in [0, 0.05) is 37.4 Å². The topological polar surface area (TPSA) is 126 Å². The minimum Gasteiger partial charge on any atom is -0.459 e. The van der Waals surface area contributed by atoms with Gasteiger partial charge in [-0.1, -0.05) is 26.8 Å². The van der Waals surface area contributed by atoms with Crippen LogP contribution >= 0.6 is 12.4 Å². The lowest BCUT2D eigenvalue weighted by Crippen LogP contribution is -2.86. The summed E-state index contributed by atoms with van der Waals surface area (Å²) in [7, 11) is 0. The molecule has 9 nitrogen and oxygen atoms in total. The van der Waals surface area contributed by atoms with Crippen LogP contribution in [0.15, 0.2) is 12.7 Å². The van der Waals surface area contributed by atoms with E-state index in [1.54, 1.807) is 13.8 Å². The van der Waals surface area contributed by atoms with Crippen LogP contribution in [0.5, 0.6) is 0 Å². The van der Waals surface area contributed by atoms with Crippen LogP contribution in [0, 0.1) is 16.7 Å². The number of aliphatic hydroxyl groups is 3. The number of ether oxygens (including phenoxy) is 3. The summed E-state index contributed by atoms with van der Waals surface area (Å²) in [6.07, 6.45) is -1.27. The molecular formula is C27H44ClNO8. The molecule has 0 radical (unpaired) electrons. The van der Waals surface area contributed by atoms with E-state index in [-0.39, 0.29) is 25.2 Å². The molecule has 3 N–H and O–H groups in total. The molecule has 0 aromatic carbocycles. The van der Waals surface area contributed by atoms with E-state index in [0.717, 1.165) is 13.1 Å². The molecule has 0 bridgehead atoms. The van der Waals surface area contributed by atoms with Gasteiger partial charge in [-0.25, -0.2) is 0 Å². The molecule has 4 aliphatic rings. The number of carbonyl (C=O) groups excluding carboxylic acids is 2. The fourth-order valence-corrected chi connectivity index (χ4v) is 7.69. The van der Waals surface area contributed by atoms with Crippen molar-refractivity contribution in [3.8, 4) is 0 Å². The number of nitrogens with zero attached hydrogens (tertiary/aromatic N) is 1. The number of fused-ring (bicyclic) bond motifs is 3. The van der Waals surface area contributed by atoms with Crippen LogP contribution in [0.3, 0.4) is 0 Å². The van der Waals surface area contributed by atoms with Crippen molar-refractivity contribution in [1.29, 1.82) is 0 Å². The van der Waals surface area contributed by atoms with E-state index in [0.29, 0.717) is 32.6 Å². The number of morpholine rings is 1. The SMILES string of the molecule is C=C[C@@]1(C)CC(=O)[C@]2(O)C3(C)C(C(OC(=O)CCN4CCOCC4)C(O)[C@@]2(C)O1)C(C)(C)CC[C@@H]3O.Cl. The zero-order chi connectivity index (χ0) is 26.7. The number of hydrogen-bond donors (Lipinski definition) is 3. The van der Waals surface area contributed by atoms with Crippen LogP contribution in [0.4, 0.5) is 0 Å². The lowest BCUT2D eigenvalue weighted by atomic mass is 9.40. The standard InChI is InChI=1S/C27H43NO8.ClH/c1-7-24(4)16-18(30)27(33)25(5)17(29)8-10-23(2,3)21(25)20(22(32)26(27,6)36-24)35-19(31)9-11-28-12-14-34-15-13-28;/h7,17,20-22,29,32-33H,1,8-16H2,2-6H3;1H/t17-,20?,21?,22?,24-,25?,26+,27-;/m0./s1. The normalized spacial score (nSPS) is 45.7. The van der Waals surface area contributed by atoms with E-state index in [1.165, 1.54) is 13.0 Å². The molecular weight excluding hydrogens is 502 g/mol. The predicted molar refractivity (Wildman–Crippen MR) is 138 cm³/mol. The molecule has 2 saturated carbocycles. The monoisotopic (exact) mass is 545 g/mol. The summed E-state index contributed by atoms with van der Waals surface area (Å²) in [5, 5.41) is 35.5. The molecule has 0 aromatic heterocycles. The molecule has 2 heterocycles. The number of esters is 1. The summed E-state index contributed by atoms with van der Waals surface area (Å²) in [6, 6.07) is 0. The quantitative estimate of drug-likeness (QED) is 0.349. The molecule has 2 aliphatic heterocycles. The Balaban J connectivity index is 0.00000380. The Morgan fingerprint density at radius 2 is 1.81 bits per heavy atom. The maximum Gasteiger partial charge on any atom is 0.307 e. The van der Waals surface area contributed by atoms with E-state index in [1.807, 2.05) is 13.8 Å². The Labute approximate surface area is 225 Å². The molecule has 2 aliphatic carbocycles. The zero-order valence-electron chi connectivity index (χ0n) is 22.7. The van der Waals surface area contributed by atoms with E-state index in [4.69, 9.17) is 14.2 Å². The van der Waals surface area contributed by atoms with Crippen molar-refractivity contribution in [3.63, 3.8) is 0 Å². The second kappa shape index (κ2) is 10.2. The van der Waals surface area contributed by atoms with E-state index < -0.39 is 63.6 Å². The number of aliphatic hydroxyl groups excluding tert-OH is 2. The molecule has 8 atom stereocenters. The Morgan fingerprint density at radius 3 is 2.41 bits per heavy atom. The molecule has 212 valence electrons. The Kier molecular flexibility index (Phi) is 8.36. The molecule has 10 heteroatoms. The number of Topliss-reactive ketones (excluding diaryl/α,β-unsaturated/α-hetero) is 1. The highest BCUT2D eigenvalue weighted by molar-refractivity contribution is 5.92. The maximum atomic E-state index is 13.8. The van der Waals surface area contributed by atoms with Crippen LogP contribution in [-0.4, -0.2) is 99.9 Å². The van der Waals surface area contributed by atoms with Crippen LogP contribution in [0.25, 0.3) is 0 Å². The first-order valence-electron chi connectivity index (χ1n) is 13.1. The van der Waals surface area contributed by atoms with Gasteiger partial charge in [0.2, 0.25) is 0 Å². The van der Waals surface area contributed by atoms with Crippen molar-refractivity contribution in [3.05, 3.63) is 12.7 Å². The van der Waals surface area contributed by atoms with E-state index >= 15 is 0 Å². The fourth-order valence-electron chi connectivity index (χ4n) is 7.69. The first-order valence-corrected chi connectivity index (χ1v) is 13.1. The average Bonchev–Trinajstić information content (AvgIpc) is 2.82. The molecule has 0 amide bonds. The smallest absolute Gasteiger partial charge is 0.307 e. The van der Waals surface area contributed by atoms with Crippen LogP contribution in [0.2, 0.25) is 0 Å². The maximum absolute atomic E-state index is 13.8. The number of halogens is 1. The average molecular weight is 546 g/mol. The van der Waals surface area contributed by atoms with Crippen molar-refractivity contribution < 1.29 is 39.1 Å². The third-order valence-corrected chi connectivity index (χ3v) is 9.74. The highest BCUT2D eigenvalue weighted by Crippen LogP contribution is 2.67. The van der Waals surface area contributed by atoms with Crippen LogP contribution in [-0.2, 0) is 23.8 Å². The number of ketones is 1. The molecule has 0 spiro atoms. The lowest BCUT2D eigenvalue weighted by Gasteiger charge is -2.71. The van der Waals surface area contributed by atoms with E-state index in [9.17, 15) is 24.9 Å². The Bertz CT molecular complexity index is 909. The minimum atomic E-state index is -2.21. The lowest BCUT2D eigenvalue weighted by molar-refractivity contribution is -0.370. The molecule has 4 rings (SSSR count). The Morgan fingerprint density at radius 1 is 1.19 bits per heavy atom. The van der Waals surface area contributed by atoms with Crippen LogP contribution in [0.1, 0.15) is 60.3 Å². The van der Waals surface area contributed by atoms with Gasteiger partial charge in [-0.3, -0.25) is 14.5 Å². The van der Waals surface area contributed by atoms with Gasteiger partial charge in [0.1, 0.15) is 17.8 Å². The molecule has 4 unspecified atom stereocenters. The molecule has 37 heavy (non-hydrogen) atoms. The van der Waals surface area contributed by atoms with Gasteiger partial charge in [0.15, 0.2) is 11.4 Å². The van der Waals surface area contributed by atoms with Gasteiger partial charge in [0.05, 0.1) is 31.3 Å². The number of rotatable bonds is 5. The first-order chi connectivity index (χ1) is 16.7. The minimum absolute atomic E-state index is 0. The Hall–Kier alpha value is -1.07. The number of hydrogen-bond acceptors (Lipinski definition) is 9. The summed E-state index contributed by atoms with van der Waals surface area (Å²) >= 11 is 0. The van der Waals surface area contributed by atoms with Gasteiger partial charge in [-0.15, -0.1) is 19.0 Å². The molecule has 2 saturated heterocycles. The van der Waals surface area contributed by atoms with Gasteiger partial charge >= 0.3 is 5.97 Å². The van der Waals surface area contributed by atoms with Crippen LogP contribution < -0.4 is 0 Å². The van der Waals surface area contributed by atoms with Gasteiger partial charge < -0.3 is 29.5 Å². The van der Waals surface area contributed by atoms with Crippen molar-refractivity contribution in [2.24, 2.45) is 16.7 Å². The van der Waals surface area contributed by atoms with Gasteiger partial charge in [-0.05, 0) is 32.1 Å². The number of carbonyl (C=O) groups is 2. The third kappa shape index (κ3) is 4.48. The summed E-state index contributed by atoms with van der Waals surface area (Å²) < 4.78 is 17.7. The first kappa shape index (κ1) is 30.5. The second-order valence-corrected chi connectivity index (χ2v) is 12.4. The highest BCUT2D eigenvalue weighted by atomic mass is 35.5. The summed E-state index contributed by atoms with van der Waals surface area (Å²) in [5.41, 5.74) is -7.18. The van der Waals surface area contributed by atoms with Crippen molar-refractivity contribution in [2.45, 2.75) is 95.4 Å². The van der Waals surface area contributed by atoms with Gasteiger partial charge in [0.25, 0.3) is 0 Å². The largest absolute Gasteiger partial charge is 0.459 e. The summed E-state index contributed by atoms with van der Waals surface area (Å²) in [6.45, 7) is 15.8. The van der Waals surface area contributed by atoms with Crippen molar-refractivity contribution in [2.75, 3.05) is 32.8 Å². The highest BCUT2D eigenvalue weighted by Gasteiger charge is 2.81. The zero-order valence-corrected chi connectivity index (χ0v) is 23.5.